The predicted octanol–water partition coefficient (Wildman–Crippen LogP) is 0.786. The Balaban J connectivity index is 1.75. The Kier molecular flexibility index (Phi) is 5.45. The lowest BCUT2D eigenvalue weighted by atomic mass is 10.2. The molecule has 2 saturated heterocycles. The molecule has 1 N–H and O–H groups in total. The summed E-state index contributed by atoms with van der Waals surface area (Å²) in [7, 11) is -3.45. The molecule has 1 unspecified atom stereocenters. The van der Waals surface area contributed by atoms with Crippen molar-refractivity contribution < 1.29 is 23.1 Å². The molecule has 0 bridgehead atoms. The van der Waals surface area contributed by atoms with E-state index in [1.807, 2.05) is 0 Å². The SMILES string of the molecule is O=C(O)C1CS(=O)(=O)CCN1C(=O)c1ccc(N2CCCCCC2)nc1. The Morgan fingerprint density at radius 3 is 2.35 bits per heavy atom. The number of aliphatic carboxylic acids is 1. The van der Waals surface area contributed by atoms with E-state index in [2.05, 4.69) is 9.88 Å². The molecule has 142 valence electrons. The number of anilines is 1. The third-order valence-corrected chi connectivity index (χ3v) is 6.53. The molecule has 2 fully saturated rings. The number of rotatable bonds is 3. The maximum absolute atomic E-state index is 12.7. The van der Waals surface area contributed by atoms with Crippen molar-refractivity contribution in [1.29, 1.82) is 0 Å². The van der Waals surface area contributed by atoms with Crippen LogP contribution in [-0.4, -0.2) is 72.5 Å². The molecule has 3 rings (SSSR count). The fourth-order valence-electron chi connectivity index (χ4n) is 3.42. The standard InChI is InChI=1S/C17H23N3O5S/c21-16(20-9-10-26(24,25)12-14(20)17(22)23)13-5-6-15(18-11-13)19-7-3-1-2-4-8-19/h5-6,11,14H,1-4,7-10,12H2,(H,22,23). The summed E-state index contributed by atoms with van der Waals surface area (Å²) in [6, 6.07) is 2.05. The molecule has 1 aromatic heterocycles. The highest BCUT2D eigenvalue weighted by atomic mass is 32.2. The summed E-state index contributed by atoms with van der Waals surface area (Å²) in [4.78, 5) is 31.8. The minimum absolute atomic E-state index is 0.119. The van der Waals surface area contributed by atoms with E-state index in [4.69, 9.17) is 0 Å². The quantitative estimate of drug-likeness (QED) is 0.824. The highest BCUT2D eigenvalue weighted by Gasteiger charge is 2.39. The lowest BCUT2D eigenvalue weighted by molar-refractivity contribution is -0.141. The van der Waals surface area contributed by atoms with E-state index in [0.29, 0.717) is 0 Å². The monoisotopic (exact) mass is 381 g/mol. The molecular formula is C17H23N3O5S. The summed E-state index contributed by atoms with van der Waals surface area (Å²) < 4.78 is 23.4. The first-order chi connectivity index (χ1) is 12.4. The van der Waals surface area contributed by atoms with Crippen LogP contribution in [0.4, 0.5) is 5.82 Å². The molecule has 1 amide bonds. The molecule has 8 nitrogen and oxygen atoms in total. The van der Waals surface area contributed by atoms with Gasteiger partial charge in [0.1, 0.15) is 11.9 Å². The number of aromatic nitrogens is 1. The van der Waals surface area contributed by atoms with Gasteiger partial charge >= 0.3 is 5.97 Å². The molecule has 26 heavy (non-hydrogen) atoms. The van der Waals surface area contributed by atoms with Crippen LogP contribution < -0.4 is 4.90 Å². The highest BCUT2D eigenvalue weighted by Crippen LogP contribution is 2.20. The number of hydrogen-bond acceptors (Lipinski definition) is 6. The number of carbonyl (C=O) groups is 2. The van der Waals surface area contributed by atoms with Gasteiger partial charge < -0.3 is 14.9 Å². The molecule has 0 spiro atoms. The largest absolute Gasteiger partial charge is 0.480 e. The predicted molar refractivity (Wildman–Crippen MR) is 96.0 cm³/mol. The van der Waals surface area contributed by atoms with Crippen LogP contribution in [0, 0.1) is 0 Å². The average molecular weight is 381 g/mol. The fraction of sp³-hybridized carbons (Fsp3) is 0.588. The normalized spacial score (nSPS) is 23.3. The third kappa shape index (κ3) is 4.14. The van der Waals surface area contributed by atoms with Gasteiger partial charge in [-0.15, -0.1) is 0 Å². The molecule has 1 atom stereocenters. The minimum Gasteiger partial charge on any atom is -0.480 e. The van der Waals surface area contributed by atoms with E-state index in [-0.39, 0.29) is 17.9 Å². The van der Waals surface area contributed by atoms with Crippen molar-refractivity contribution in [3.05, 3.63) is 23.9 Å². The molecule has 3 heterocycles. The number of sulfone groups is 1. The van der Waals surface area contributed by atoms with Crippen molar-refractivity contribution in [1.82, 2.24) is 9.88 Å². The zero-order chi connectivity index (χ0) is 18.7. The summed E-state index contributed by atoms with van der Waals surface area (Å²) in [5, 5.41) is 9.30. The van der Waals surface area contributed by atoms with E-state index < -0.39 is 33.5 Å². The molecule has 0 aliphatic carbocycles. The molecule has 0 radical (unpaired) electrons. The Bertz CT molecular complexity index is 770. The van der Waals surface area contributed by atoms with Gasteiger partial charge in [0.05, 0.1) is 17.1 Å². The van der Waals surface area contributed by atoms with Crippen LogP contribution in [-0.2, 0) is 14.6 Å². The zero-order valence-electron chi connectivity index (χ0n) is 14.5. The van der Waals surface area contributed by atoms with Crippen LogP contribution in [0.15, 0.2) is 18.3 Å². The summed E-state index contributed by atoms with van der Waals surface area (Å²) in [6.45, 7) is 1.75. The molecular weight excluding hydrogens is 358 g/mol. The van der Waals surface area contributed by atoms with E-state index in [1.54, 1.807) is 12.1 Å². The number of nitrogens with zero attached hydrogens (tertiary/aromatic N) is 3. The van der Waals surface area contributed by atoms with Gasteiger partial charge in [0.25, 0.3) is 5.91 Å². The first kappa shape index (κ1) is 18.6. The number of hydrogen-bond donors (Lipinski definition) is 1. The fourth-order valence-corrected chi connectivity index (χ4v) is 4.87. The van der Waals surface area contributed by atoms with Gasteiger partial charge in [0, 0.05) is 25.8 Å². The average Bonchev–Trinajstić information content (AvgIpc) is 2.90. The van der Waals surface area contributed by atoms with Crippen LogP contribution in [0.5, 0.6) is 0 Å². The van der Waals surface area contributed by atoms with E-state index >= 15 is 0 Å². The van der Waals surface area contributed by atoms with E-state index in [0.717, 1.165) is 36.6 Å². The Morgan fingerprint density at radius 2 is 1.77 bits per heavy atom. The Morgan fingerprint density at radius 1 is 1.08 bits per heavy atom. The second-order valence-corrected chi connectivity index (χ2v) is 9.00. The first-order valence-electron chi connectivity index (χ1n) is 8.82. The number of carboxylic acid groups (broad SMARTS) is 1. The number of pyridine rings is 1. The molecule has 2 aliphatic rings. The minimum atomic E-state index is -3.45. The Labute approximate surface area is 152 Å². The second kappa shape index (κ2) is 7.61. The van der Waals surface area contributed by atoms with Crippen molar-refractivity contribution in [2.75, 3.05) is 36.0 Å². The van der Waals surface area contributed by atoms with E-state index in [1.165, 1.54) is 19.0 Å². The highest BCUT2D eigenvalue weighted by molar-refractivity contribution is 7.91. The third-order valence-electron chi connectivity index (χ3n) is 4.90. The van der Waals surface area contributed by atoms with Gasteiger partial charge in [-0.1, -0.05) is 12.8 Å². The van der Waals surface area contributed by atoms with Gasteiger partial charge in [-0.2, -0.15) is 0 Å². The molecule has 2 aliphatic heterocycles. The lowest BCUT2D eigenvalue weighted by Gasteiger charge is -2.32. The lowest BCUT2D eigenvalue weighted by Crippen LogP contribution is -2.54. The molecule has 0 aromatic carbocycles. The summed E-state index contributed by atoms with van der Waals surface area (Å²) in [6.07, 6.45) is 6.10. The zero-order valence-corrected chi connectivity index (χ0v) is 15.3. The van der Waals surface area contributed by atoms with Crippen LogP contribution in [0.25, 0.3) is 0 Å². The summed E-state index contributed by atoms with van der Waals surface area (Å²) >= 11 is 0. The maximum atomic E-state index is 12.7. The first-order valence-corrected chi connectivity index (χ1v) is 10.6. The van der Waals surface area contributed by atoms with Crippen molar-refractivity contribution in [2.45, 2.75) is 31.7 Å². The molecule has 1 aromatic rings. The number of carboxylic acids is 1. The van der Waals surface area contributed by atoms with Crippen LogP contribution in [0.1, 0.15) is 36.0 Å². The summed E-state index contributed by atoms with van der Waals surface area (Å²) in [5.74, 6) is -1.77. The van der Waals surface area contributed by atoms with Gasteiger partial charge in [-0.25, -0.2) is 18.2 Å². The van der Waals surface area contributed by atoms with Crippen LogP contribution in [0.2, 0.25) is 0 Å². The van der Waals surface area contributed by atoms with Gasteiger partial charge in [-0.05, 0) is 25.0 Å². The number of carbonyl (C=O) groups excluding carboxylic acids is 1. The maximum Gasteiger partial charge on any atom is 0.327 e. The second-order valence-electron chi connectivity index (χ2n) is 6.77. The van der Waals surface area contributed by atoms with Crippen molar-refractivity contribution in [3.63, 3.8) is 0 Å². The van der Waals surface area contributed by atoms with Crippen molar-refractivity contribution in [3.8, 4) is 0 Å². The Hall–Kier alpha value is -2.16. The topological polar surface area (TPSA) is 108 Å². The van der Waals surface area contributed by atoms with Gasteiger partial charge in [-0.3, -0.25) is 4.79 Å². The van der Waals surface area contributed by atoms with Crippen molar-refractivity contribution in [2.24, 2.45) is 0 Å². The smallest absolute Gasteiger partial charge is 0.327 e. The van der Waals surface area contributed by atoms with E-state index in [9.17, 15) is 23.1 Å². The molecule has 0 saturated carbocycles. The van der Waals surface area contributed by atoms with Gasteiger partial charge in [0.15, 0.2) is 9.84 Å². The van der Waals surface area contributed by atoms with Crippen LogP contribution >= 0.6 is 0 Å². The summed E-state index contributed by atoms with van der Waals surface area (Å²) in [5.41, 5.74) is 0.272. The van der Waals surface area contributed by atoms with Gasteiger partial charge in [0.2, 0.25) is 0 Å². The molecule has 9 heteroatoms. The number of amides is 1. The van der Waals surface area contributed by atoms with Crippen molar-refractivity contribution >= 4 is 27.5 Å². The van der Waals surface area contributed by atoms with Crippen LogP contribution in [0.3, 0.4) is 0 Å².